The number of hydrogen-bond acceptors (Lipinski definition) is 4. The molecule has 1 aromatic rings. The molecule has 2 N–H and O–H groups in total. The van der Waals surface area contributed by atoms with E-state index in [1.807, 2.05) is 0 Å². The van der Waals surface area contributed by atoms with Gasteiger partial charge in [0.15, 0.2) is 0 Å². The average molecular weight is 331 g/mol. The molecular formula is C17H21N3O4. The number of carbonyl (C=O) groups excluding carboxylic acids is 3. The summed E-state index contributed by atoms with van der Waals surface area (Å²) in [5, 5.41) is 12.3. The Morgan fingerprint density at radius 2 is 1.75 bits per heavy atom. The first-order valence-corrected chi connectivity index (χ1v) is 7.78. The van der Waals surface area contributed by atoms with Crippen molar-refractivity contribution in [3.63, 3.8) is 0 Å². The lowest BCUT2D eigenvalue weighted by Gasteiger charge is -2.35. The maximum absolute atomic E-state index is 12.4. The molecule has 0 atom stereocenters. The van der Waals surface area contributed by atoms with Crippen molar-refractivity contribution < 1.29 is 19.5 Å². The van der Waals surface area contributed by atoms with Crippen LogP contribution in [-0.2, 0) is 9.59 Å². The second kappa shape index (κ2) is 8.14. The van der Waals surface area contributed by atoms with Crippen LogP contribution in [0.3, 0.4) is 0 Å². The molecule has 1 aliphatic rings. The van der Waals surface area contributed by atoms with E-state index in [-0.39, 0.29) is 42.0 Å². The number of phenols is 1. The van der Waals surface area contributed by atoms with Crippen LogP contribution in [0, 0.1) is 0 Å². The third kappa shape index (κ3) is 4.34. The van der Waals surface area contributed by atoms with Crippen molar-refractivity contribution in [2.24, 2.45) is 0 Å². The van der Waals surface area contributed by atoms with Crippen molar-refractivity contribution in [3.05, 3.63) is 42.5 Å². The van der Waals surface area contributed by atoms with Crippen molar-refractivity contribution in [3.8, 4) is 5.75 Å². The number of phenolic OH excluding ortho intramolecular Hbond substituents is 1. The zero-order chi connectivity index (χ0) is 17.5. The number of aromatic hydroxyl groups is 1. The summed E-state index contributed by atoms with van der Waals surface area (Å²) in [5.41, 5.74) is 0.268. The first-order chi connectivity index (χ1) is 11.5. The predicted molar refractivity (Wildman–Crippen MR) is 88.4 cm³/mol. The summed E-state index contributed by atoms with van der Waals surface area (Å²) in [5.74, 6) is -0.646. The fourth-order valence-corrected chi connectivity index (χ4v) is 2.51. The first kappa shape index (κ1) is 17.5. The molecule has 1 heterocycles. The molecule has 1 aliphatic heterocycles. The van der Waals surface area contributed by atoms with Crippen LogP contribution in [0.2, 0.25) is 0 Å². The van der Waals surface area contributed by atoms with Gasteiger partial charge < -0.3 is 20.2 Å². The van der Waals surface area contributed by atoms with Crippen LogP contribution >= 0.6 is 0 Å². The van der Waals surface area contributed by atoms with Crippen LogP contribution in [0.4, 0.5) is 0 Å². The van der Waals surface area contributed by atoms with Gasteiger partial charge in [0.1, 0.15) is 5.75 Å². The topological polar surface area (TPSA) is 90.0 Å². The fraction of sp³-hybridized carbons (Fsp3) is 0.353. The number of para-hydroxylation sites is 1. The maximum atomic E-state index is 12.4. The number of rotatable bonds is 5. The molecule has 1 saturated heterocycles. The van der Waals surface area contributed by atoms with Gasteiger partial charge in [0.05, 0.1) is 5.56 Å². The lowest BCUT2D eigenvalue weighted by molar-refractivity contribution is -0.132. The number of benzene rings is 1. The molecule has 7 nitrogen and oxygen atoms in total. The van der Waals surface area contributed by atoms with Gasteiger partial charge in [-0.25, -0.2) is 0 Å². The molecule has 24 heavy (non-hydrogen) atoms. The third-order valence-corrected chi connectivity index (χ3v) is 3.88. The number of carbonyl (C=O) groups is 3. The highest BCUT2D eigenvalue weighted by atomic mass is 16.3. The second-order valence-corrected chi connectivity index (χ2v) is 5.44. The zero-order valence-corrected chi connectivity index (χ0v) is 13.4. The molecule has 128 valence electrons. The highest BCUT2D eigenvalue weighted by molar-refractivity contribution is 5.97. The Labute approximate surface area is 140 Å². The van der Waals surface area contributed by atoms with Crippen LogP contribution < -0.4 is 5.32 Å². The fourth-order valence-electron chi connectivity index (χ4n) is 2.51. The van der Waals surface area contributed by atoms with E-state index in [0.717, 1.165) is 6.08 Å². The van der Waals surface area contributed by atoms with Gasteiger partial charge in [0, 0.05) is 39.1 Å². The predicted octanol–water partition coefficient (Wildman–Crippen LogP) is 0.369. The molecule has 0 radical (unpaired) electrons. The Bertz CT molecular complexity index is 636. The quantitative estimate of drug-likeness (QED) is 0.763. The Hall–Kier alpha value is -2.83. The molecule has 0 spiro atoms. The normalized spacial score (nSPS) is 14.2. The van der Waals surface area contributed by atoms with E-state index in [2.05, 4.69) is 11.9 Å². The van der Waals surface area contributed by atoms with E-state index in [9.17, 15) is 19.5 Å². The summed E-state index contributed by atoms with van der Waals surface area (Å²) in [6.07, 6.45) is 1.38. The van der Waals surface area contributed by atoms with E-state index in [1.54, 1.807) is 28.0 Å². The molecule has 0 aliphatic carbocycles. The van der Waals surface area contributed by atoms with Gasteiger partial charge in [-0.1, -0.05) is 18.7 Å². The monoisotopic (exact) mass is 331 g/mol. The summed E-state index contributed by atoms with van der Waals surface area (Å²) in [7, 11) is 0. The van der Waals surface area contributed by atoms with Crippen LogP contribution in [-0.4, -0.2) is 65.4 Å². The number of hydrogen-bond donors (Lipinski definition) is 2. The summed E-state index contributed by atoms with van der Waals surface area (Å²) >= 11 is 0. The Kier molecular flexibility index (Phi) is 5.95. The van der Waals surface area contributed by atoms with E-state index in [0.29, 0.717) is 26.2 Å². The first-order valence-electron chi connectivity index (χ1n) is 7.78. The van der Waals surface area contributed by atoms with Crippen molar-refractivity contribution in [1.82, 2.24) is 15.1 Å². The molecule has 0 saturated carbocycles. The van der Waals surface area contributed by atoms with Crippen molar-refractivity contribution in [1.29, 1.82) is 0 Å². The van der Waals surface area contributed by atoms with Gasteiger partial charge in [-0.15, -0.1) is 0 Å². The van der Waals surface area contributed by atoms with Gasteiger partial charge in [0.2, 0.25) is 11.8 Å². The van der Waals surface area contributed by atoms with Crippen LogP contribution in [0.5, 0.6) is 5.75 Å². The minimum absolute atomic E-state index is 0.0426. The summed E-state index contributed by atoms with van der Waals surface area (Å²) in [6.45, 7) is 5.31. The number of amides is 3. The van der Waals surface area contributed by atoms with Gasteiger partial charge in [-0.3, -0.25) is 14.4 Å². The molecule has 1 aromatic carbocycles. The maximum Gasteiger partial charge on any atom is 0.257 e. The SMILES string of the molecule is C=CC(=O)NCCC(=O)N1CCN(C(=O)c2ccccc2O)CC1. The van der Waals surface area contributed by atoms with E-state index >= 15 is 0 Å². The average Bonchev–Trinajstić information content (AvgIpc) is 2.61. The Morgan fingerprint density at radius 3 is 2.38 bits per heavy atom. The highest BCUT2D eigenvalue weighted by Gasteiger charge is 2.25. The number of piperazine rings is 1. The van der Waals surface area contributed by atoms with Crippen molar-refractivity contribution in [2.75, 3.05) is 32.7 Å². The molecule has 0 aromatic heterocycles. The molecule has 3 amide bonds. The molecule has 0 bridgehead atoms. The van der Waals surface area contributed by atoms with Crippen LogP contribution in [0.15, 0.2) is 36.9 Å². The lowest BCUT2D eigenvalue weighted by atomic mass is 10.1. The Morgan fingerprint density at radius 1 is 1.12 bits per heavy atom. The van der Waals surface area contributed by atoms with E-state index < -0.39 is 0 Å². The standard InChI is InChI=1S/C17H21N3O4/c1-2-15(22)18-8-7-16(23)19-9-11-20(12-10-19)17(24)13-5-3-4-6-14(13)21/h2-6,21H,1,7-12H2,(H,18,22). The molecule has 1 fully saturated rings. The number of nitrogens with one attached hydrogen (secondary N) is 1. The minimum atomic E-state index is -0.305. The molecule has 7 heteroatoms. The molecule has 0 unspecified atom stereocenters. The molecular weight excluding hydrogens is 310 g/mol. The summed E-state index contributed by atoms with van der Waals surface area (Å²) in [4.78, 5) is 38.8. The van der Waals surface area contributed by atoms with Gasteiger partial charge >= 0.3 is 0 Å². The van der Waals surface area contributed by atoms with Crippen LogP contribution in [0.1, 0.15) is 16.8 Å². The summed E-state index contributed by atoms with van der Waals surface area (Å²) in [6, 6.07) is 6.42. The smallest absolute Gasteiger partial charge is 0.257 e. The third-order valence-electron chi connectivity index (χ3n) is 3.88. The Balaban J connectivity index is 1.81. The second-order valence-electron chi connectivity index (χ2n) is 5.44. The molecule has 2 rings (SSSR count). The largest absolute Gasteiger partial charge is 0.507 e. The number of nitrogens with zero attached hydrogens (tertiary/aromatic N) is 2. The van der Waals surface area contributed by atoms with Crippen LogP contribution in [0.25, 0.3) is 0 Å². The highest BCUT2D eigenvalue weighted by Crippen LogP contribution is 2.18. The lowest BCUT2D eigenvalue weighted by Crippen LogP contribution is -2.51. The minimum Gasteiger partial charge on any atom is -0.507 e. The van der Waals surface area contributed by atoms with E-state index in [1.165, 1.54) is 6.07 Å². The van der Waals surface area contributed by atoms with Crippen molar-refractivity contribution >= 4 is 17.7 Å². The zero-order valence-electron chi connectivity index (χ0n) is 13.4. The van der Waals surface area contributed by atoms with Gasteiger partial charge in [-0.05, 0) is 18.2 Å². The van der Waals surface area contributed by atoms with E-state index in [4.69, 9.17) is 0 Å². The summed E-state index contributed by atoms with van der Waals surface area (Å²) < 4.78 is 0. The van der Waals surface area contributed by atoms with Crippen molar-refractivity contribution in [2.45, 2.75) is 6.42 Å². The van der Waals surface area contributed by atoms with Gasteiger partial charge in [0.25, 0.3) is 5.91 Å². The van der Waals surface area contributed by atoms with Gasteiger partial charge in [-0.2, -0.15) is 0 Å².